The first-order valence-corrected chi connectivity index (χ1v) is 14.0. The third kappa shape index (κ3) is 5.46. The molecule has 1 aromatic carbocycles. The minimum absolute atomic E-state index is 0.00576. The van der Waals surface area contributed by atoms with Crippen LogP contribution in [0.15, 0.2) is 23.1 Å². The van der Waals surface area contributed by atoms with E-state index in [4.69, 9.17) is 4.74 Å². The molecule has 2 aromatic heterocycles. The molecule has 2 saturated heterocycles. The van der Waals surface area contributed by atoms with Crippen molar-refractivity contribution in [2.75, 3.05) is 31.6 Å². The van der Waals surface area contributed by atoms with Crippen LogP contribution >= 0.6 is 0 Å². The highest BCUT2D eigenvalue weighted by atomic mass is 19.1. The minimum atomic E-state index is -0.710. The smallest absolute Gasteiger partial charge is 0.223 e. The lowest BCUT2D eigenvalue weighted by atomic mass is 9.97. The van der Waals surface area contributed by atoms with Crippen LogP contribution in [0, 0.1) is 36.9 Å². The van der Waals surface area contributed by atoms with E-state index in [9.17, 15) is 15.2 Å². The number of aryl methyl sites for hydroxylation is 1. The van der Waals surface area contributed by atoms with Crippen LogP contribution in [0.2, 0.25) is 0 Å². The molecule has 10 heteroatoms. The summed E-state index contributed by atoms with van der Waals surface area (Å²) in [4.78, 5) is 24.5. The fraction of sp³-hybridized carbons (Fsp3) is 0.533. The molecule has 0 bridgehead atoms. The summed E-state index contributed by atoms with van der Waals surface area (Å²) >= 11 is 0. The number of nitriles is 1. The highest BCUT2D eigenvalue weighted by Crippen LogP contribution is 2.32. The van der Waals surface area contributed by atoms with Gasteiger partial charge in [0.15, 0.2) is 11.2 Å². The van der Waals surface area contributed by atoms with Gasteiger partial charge in [-0.05, 0) is 71.2 Å². The lowest BCUT2D eigenvalue weighted by molar-refractivity contribution is -0.0136. The van der Waals surface area contributed by atoms with E-state index in [0.717, 1.165) is 42.4 Å². The van der Waals surface area contributed by atoms with E-state index in [-0.39, 0.29) is 41.7 Å². The van der Waals surface area contributed by atoms with Gasteiger partial charge in [0.05, 0.1) is 42.5 Å². The average Bonchev–Trinajstić information content (AvgIpc) is 2.94. The van der Waals surface area contributed by atoms with Crippen LogP contribution in [-0.2, 0) is 11.3 Å². The van der Waals surface area contributed by atoms with Gasteiger partial charge in [-0.25, -0.2) is 14.4 Å². The van der Waals surface area contributed by atoms with Gasteiger partial charge in [0, 0.05) is 47.9 Å². The Hall–Kier alpha value is -3.39. The van der Waals surface area contributed by atoms with E-state index in [1.807, 2.05) is 26.0 Å². The molecule has 0 spiro atoms. The number of aromatic nitrogens is 3. The van der Waals surface area contributed by atoms with E-state index in [0.29, 0.717) is 42.6 Å². The number of aliphatic hydroxyl groups is 1. The number of likely N-dealkylation sites (tertiary alicyclic amines) is 1. The molecule has 4 heterocycles. The third-order valence-corrected chi connectivity index (χ3v) is 8.13. The molecule has 2 aliphatic rings. The van der Waals surface area contributed by atoms with E-state index < -0.39 is 11.9 Å². The summed E-state index contributed by atoms with van der Waals surface area (Å²) in [5.74, 6) is -0.346. The number of pyridine rings is 1. The number of halogens is 1. The Kier molecular flexibility index (Phi) is 8.17. The number of hydrogen-bond acceptors (Lipinski definition) is 8. The third-order valence-electron chi connectivity index (χ3n) is 8.13. The van der Waals surface area contributed by atoms with Gasteiger partial charge in [0.1, 0.15) is 5.69 Å². The van der Waals surface area contributed by atoms with E-state index in [1.165, 1.54) is 0 Å². The summed E-state index contributed by atoms with van der Waals surface area (Å²) in [6, 6.07) is 5.83. The predicted molar refractivity (Wildman–Crippen MR) is 152 cm³/mol. The van der Waals surface area contributed by atoms with Crippen molar-refractivity contribution < 1.29 is 14.2 Å². The van der Waals surface area contributed by atoms with Crippen LogP contribution in [0.5, 0.6) is 0 Å². The summed E-state index contributed by atoms with van der Waals surface area (Å²) in [6.07, 6.45) is 2.87. The zero-order chi connectivity index (χ0) is 28.6. The van der Waals surface area contributed by atoms with Crippen LogP contribution < -0.4 is 10.7 Å². The summed E-state index contributed by atoms with van der Waals surface area (Å²) in [6.45, 7) is 10.7. The maximum absolute atomic E-state index is 15.2. The van der Waals surface area contributed by atoms with Crippen molar-refractivity contribution in [3.05, 3.63) is 51.2 Å². The fourth-order valence-electron chi connectivity index (χ4n) is 5.98. The van der Waals surface area contributed by atoms with Crippen molar-refractivity contribution in [3.63, 3.8) is 0 Å². The van der Waals surface area contributed by atoms with Crippen molar-refractivity contribution >= 4 is 16.9 Å². The number of nitrogens with one attached hydrogen (secondary N) is 1. The summed E-state index contributed by atoms with van der Waals surface area (Å²) in [7, 11) is 0. The van der Waals surface area contributed by atoms with E-state index in [1.54, 1.807) is 0 Å². The molecule has 2 fully saturated rings. The summed E-state index contributed by atoms with van der Waals surface area (Å²) in [5.41, 5.74) is 3.74. The van der Waals surface area contributed by atoms with Crippen LogP contribution in [0.3, 0.4) is 0 Å². The Bertz CT molecular complexity index is 1510. The summed E-state index contributed by atoms with van der Waals surface area (Å²) in [5, 5.41) is 23.5. The maximum Gasteiger partial charge on any atom is 0.223 e. The normalized spacial score (nSPS) is 22.0. The molecule has 3 aromatic rings. The van der Waals surface area contributed by atoms with Gasteiger partial charge in [-0.2, -0.15) is 5.26 Å². The lowest BCUT2D eigenvalue weighted by Crippen LogP contribution is -2.42. The largest absolute Gasteiger partial charge is 0.389 e. The molecule has 212 valence electrons. The number of piperidine rings is 1. The molecule has 0 radical (unpaired) electrons. The van der Waals surface area contributed by atoms with Gasteiger partial charge in [0.2, 0.25) is 5.95 Å². The number of hydrogen-bond donors (Lipinski definition) is 2. The Morgan fingerprint density at radius 1 is 1.30 bits per heavy atom. The van der Waals surface area contributed by atoms with Gasteiger partial charge >= 0.3 is 0 Å². The SMILES string of the molecule is Cc1cc2c(=O)c(C)c(CN3CCC[C@@H](C#N)C3)n(C(C)C)c2cc1-c1nc(N[C@@H]2CCOC[C@H]2O)ncc1F. The van der Waals surface area contributed by atoms with Gasteiger partial charge in [-0.15, -0.1) is 0 Å². The predicted octanol–water partition coefficient (Wildman–Crippen LogP) is 4.09. The first-order valence-electron chi connectivity index (χ1n) is 14.0. The van der Waals surface area contributed by atoms with E-state index >= 15 is 4.39 Å². The number of fused-ring (bicyclic) bond motifs is 1. The lowest BCUT2D eigenvalue weighted by Gasteiger charge is -2.32. The molecule has 0 unspecified atom stereocenters. The molecule has 0 aliphatic carbocycles. The van der Waals surface area contributed by atoms with E-state index in [2.05, 4.69) is 44.7 Å². The van der Waals surface area contributed by atoms with Gasteiger partial charge < -0.3 is 19.7 Å². The first-order chi connectivity index (χ1) is 19.2. The Morgan fingerprint density at radius 3 is 2.83 bits per heavy atom. The second-order valence-electron chi connectivity index (χ2n) is 11.3. The quantitative estimate of drug-likeness (QED) is 0.473. The second-order valence-corrected chi connectivity index (χ2v) is 11.3. The van der Waals surface area contributed by atoms with Crippen LogP contribution in [0.4, 0.5) is 10.3 Å². The number of aliphatic hydroxyl groups excluding tert-OH is 1. The second kappa shape index (κ2) is 11.6. The topological polar surface area (TPSA) is 116 Å². The zero-order valence-electron chi connectivity index (χ0n) is 23.6. The minimum Gasteiger partial charge on any atom is -0.389 e. The Morgan fingerprint density at radius 2 is 2.10 bits per heavy atom. The number of nitrogens with zero attached hydrogens (tertiary/aromatic N) is 5. The van der Waals surface area contributed by atoms with Gasteiger partial charge in [-0.1, -0.05) is 0 Å². The molecule has 2 N–H and O–H groups in total. The van der Waals surface area contributed by atoms with Crippen molar-refractivity contribution in [2.45, 2.75) is 71.7 Å². The van der Waals surface area contributed by atoms with Crippen LogP contribution in [0.25, 0.3) is 22.2 Å². The zero-order valence-corrected chi connectivity index (χ0v) is 23.6. The maximum atomic E-state index is 15.2. The van der Waals surface area contributed by atoms with Gasteiger partial charge in [-0.3, -0.25) is 9.69 Å². The van der Waals surface area contributed by atoms with Crippen LogP contribution in [-0.4, -0.2) is 63.0 Å². The molecule has 5 rings (SSSR count). The van der Waals surface area contributed by atoms with Crippen molar-refractivity contribution in [3.8, 4) is 17.3 Å². The van der Waals surface area contributed by atoms with Crippen molar-refractivity contribution in [2.24, 2.45) is 5.92 Å². The Labute approximate surface area is 233 Å². The fourth-order valence-corrected chi connectivity index (χ4v) is 5.98. The highest BCUT2D eigenvalue weighted by molar-refractivity contribution is 5.87. The molecular formula is C30H37FN6O3. The monoisotopic (exact) mass is 548 g/mol. The van der Waals surface area contributed by atoms with Crippen molar-refractivity contribution in [1.82, 2.24) is 19.4 Å². The number of anilines is 1. The molecule has 0 saturated carbocycles. The molecule has 2 aliphatic heterocycles. The summed E-state index contributed by atoms with van der Waals surface area (Å²) < 4.78 is 22.7. The Balaban J connectivity index is 1.60. The van der Waals surface area contributed by atoms with Crippen LogP contribution in [0.1, 0.15) is 56.0 Å². The molecule has 9 nitrogen and oxygen atoms in total. The number of ether oxygens (including phenoxy) is 1. The average molecular weight is 549 g/mol. The molecule has 0 amide bonds. The first kappa shape index (κ1) is 28.1. The highest BCUT2D eigenvalue weighted by Gasteiger charge is 2.26. The molecular weight excluding hydrogens is 511 g/mol. The molecule has 3 atom stereocenters. The standard InChI is InChI=1S/C30H37FN6O3/c1-17(2)37-25-11-21(28-23(31)13-33-30(35-28)34-24-7-9-40-16-27(24)38)18(3)10-22(25)29(39)19(4)26(37)15-36-8-5-6-20(12-32)14-36/h10-11,13,17,20,24,27,38H,5-9,14-16H2,1-4H3,(H,33,34,35)/t20-,24+,27+/m0/s1. The number of rotatable bonds is 6. The number of benzene rings is 1. The van der Waals surface area contributed by atoms with Gasteiger partial charge in [0.25, 0.3) is 0 Å². The molecule has 40 heavy (non-hydrogen) atoms. The van der Waals surface area contributed by atoms with Crippen molar-refractivity contribution in [1.29, 1.82) is 5.26 Å².